The van der Waals surface area contributed by atoms with Crippen molar-refractivity contribution in [2.45, 2.75) is 6.92 Å². The van der Waals surface area contributed by atoms with Gasteiger partial charge in [0.25, 0.3) is 5.91 Å². The van der Waals surface area contributed by atoms with E-state index in [1.807, 2.05) is 0 Å². The van der Waals surface area contributed by atoms with Crippen molar-refractivity contribution in [3.63, 3.8) is 0 Å². The highest BCUT2D eigenvalue weighted by molar-refractivity contribution is 7.80. The fraction of sp³-hybridized carbons (Fsp3) is 0.0870. The monoisotopic (exact) mass is 469 g/mol. The van der Waals surface area contributed by atoms with E-state index in [9.17, 15) is 9.18 Å². The van der Waals surface area contributed by atoms with Crippen molar-refractivity contribution in [3.05, 3.63) is 76.6 Å². The normalized spacial score (nSPS) is 10.8. The number of aryl methyl sites for hydroxylation is 1. The average molecular weight is 470 g/mol. The van der Waals surface area contributed by atoms with Gasteiger partial charge < -0.3 is 14.5 Å². The zero-order valence-electron chi connectivity index (χ0n) is 17.0. The maximum Gasteiger partial charge on any atom is 0.261 e. The average Bonchev–Trinajstić information content (AvgIpc) is 3.19. The molecule has 0 spiro atoms. The maximum absolute atomic E-state index is 14.0. The van der Waals surface area contributed by atoms with Crippen molar-refractivity contribution in [3.8, 4) is 17.2 Å². The lowest BCUT2D eigenvalue weighted by Gasteiger charge is -2.11. The first-order valence-electron chi connectivity index (χ1n) is 9.47. The summed E-state index contributed by atoms with van der Waals surface area (Å²) in [6.07, 6.45) is 0. The van der Waals surface area contributed by atoms with Gasteiger partial charge in [0.15, 0.2) is 10.7 Å². The second kappa shape index (κ2) is 8.94. The van der Waals surface area contributed by atoms with Gasteiger partial charge in [0, 0.05) is 5.69 Å². The molecule has 0 bridgehead atoms. The van der Waals surface area contributed by atoms with Crippen LogP contribution in [0.4, 0.5) is 10.1 Å². The number of carbonyl (C=O) groups is 1. The van der Waals surface area contributed by atoms with Gasteiger partial charge in [-0.15, -0.1) is 0 Å². The number of methoxy groups -OCH3 is 1. The number of anilines is 1. The zero-order valence-corrected chi connectivity index (χ0v) is 18.6. The summed E-state index contributed by atoms with van der Waals surface area (Å²) >= 11 is 11.5. The number of hydrogen-bond acceptors (Lipinski definition) is 5. The van der Waals surface area contributed by atoms with Crippen LogP contribution in [-0.4, -0.2) is 23.1 Å². The van der Waals surface area contributed by atoms with Gasteiger partial charge in [-0.1, -0.05) is 23.7 Å². The molecule has 0 unspecified atom stereocenters. The topological polar surface area (TPSA) is 76.4 Å². The number of oxazole rings is 1. The fourth-order valence-electron chi connectivity index (χ4n) is 3.10. The molecule has 0 aliphatic rings. The summed E-state index contributed by atoms with van der Waals surface area (Å²) in [5, 5.41) is 6.00. The molecule has 162 valence electrons. The molecule has 4 rings (SSSR count). The molecule has 0 aliphatic heterocycles. The molecule has 0 saturated heterocycles. The van der Waals surface area contributed by atoms with Gasteiger partial charge in [0.05, 0.1) is 23.3 Å². The molecule has 9 heteroatoms. The highest BCUT2D eigenvalue weighted by Crippen LogP contribution is 2.32. The summed E-state index contributed by atoms with van der Waals surface area (Å²) in [6.45, 7) is 1.63. The number of aromatic nitrogens is 1. The fourth-order valence-corrected chi connectivity index (χ4v) is 3.61. The van der Waals surface area contributed by atoms with Crippen LogP contribution in [0.15, 0.2) is 59.0 Å². The van der Waals surface area contributed by atoms with Crippen LogP contribution in [0.1, 0.15) is 15.9 Å². The first-order valence-corrected chi connectivity index (χ1v) is 10.3. The number of thiocarbonyl (C=S) groups is 1. The Bertz CT molecular complexity index is 1360. The van der Waals surface area contributed by atoms with Crippen molar-refractivity contribution in [1.29, 1.82) is 0 Å². The number of nitrogens with one attached hydrogen (secondary N) is 2. The Morgan fingerprint density at radius 2 is 1.97 bits per heavy atom. The lowest BCUT2D eigenvalue weighted by molar-refractivity contribution is 0.0975. The van der Waals surface area contributed by atoms with Gasteiger partial charge in [-0.25, -0.2) is 9.37 Å². The molecule has 3 aromatic carbocycles. The summed E-state index contributed by atoms with van der Waals surface area (Å²) in [6, 6.07) is 14.8. The van der Waals surface area contributed by atoms with E-state index < -0.39 is 11.7 Å². The van der Waals surface area contributed by atoms with E-state index in [-0.39, 0.29) is 11.0 Å². The molecule has 1 aromatic heterocycles. The lowest BCUT2D eigenvalue weighted by atomic mass is 10.1. The zero-order chi connectivity index (χ0) is 22.8. The van der Waals surface area contributed by atoms with Crippen LogP contribution in [0.2, 0.25) is 5.02 Å². The minimum atomic E-state index is -0.402. The van der Waals surface area contributed by atoms with E-state index in [1.165, 1.54) is 19.2 Å². The van der Waals surface area contributed by atoms with Crippen molar-refractivity contribution >= 4 is 51.6 Å². The van der Waals surface area contributed by atoms with Gasteiger partial charge in [0.1, 0.15) is 17.1 Å². The summed E-state index contributed by atoms with van der Waals surface area (Å²) in [4.78, 5) is 16.9. The molecule has 0 aliphatic carbocycles. The Morgan fingerprint density at radius 3 is 2.75 bits per heavy atom. The summed E-state index contributed by atoms with van der Waals surface area (Å²) < 4.78 is 24.9. The Labute approximate surface area is 193 Å². The van der Waals surface area contributed by atoms with E-state index in [4.69, 9.17) is 33.0 Å². The molecule has 4 aromatic rings. The van der Waals surface area contributed by atoms with Crippen molar-refractivity contribution in [1.82, 2.24) is 10.3 Å². The summed E-state index contributed by atoms with van der Waals surface area (Å²) in [7, 11) is 1.49. The van der Waals surface area contributed by atoms with Crippen LogP contribution < -0.4 is 15.4 Å². The Balaban J connectivity index is 1.53. The molecule has 0 fully saturated rings. The minimum Gasteiger partial charge on any atom is -0.496 e. The van der Waals surface area contributed by atoms with Gasteiger partial charge in [-0.3, -0.25) is 10.1 Å². The molecule has 1 amide bonds. The molecule has 0 saturated carbocycles. The second-order valence-corrected chi connectivity index (χ2v) is 7.71. The number of halogens is 2. The number of hydrogen-bond donors (Lipinski definition) is 2. The molecule has 2 N–H and O–H groups in total. The third kappa shape index (κ3) is 4.42. The van der Waals surface area contributed by atoms with E-state index in [2.05, 4.69) is 15.6 Å². The third-order valence-electron chi connectivity index (χ3n) is 4.70. The number of para-hydroxylation sites is 1. The molecule has 32 heavy (non-hydrogen) atoms. The second-order valence-electron chi connectivity index (χ2n) is 6.89. The highest BCUT2D eigenvalue weighted by Gasteiger charge is 2.16. The lowest BCUT2D eigenvalue weighted by Crippen LogP contribution is -2.34. The van der Waals surface area contributed by atoms with Crippen LogP contribution in [0.25, 0.3) is 22.6 Å². The number of rotatable bonds is 4. The molecular weight excluding hydrogens is 453 g/mol. The Hall–Kier alpha value is -3.49. The van der Waals surface area contributed by atoms with Crippen LogP contribution in [0.3, 0.4) is 0 Å². The number of benzene rings is 3. The van der Waals surface area contributed by atoms with Gasteiger partial charge in [-0.05, 0) is 67.2 Å². The standard InChI is InChI=1S/C23H17ClFN3O3S/c1-12-9-16(24)15(11-17(12)25)22-27-18-10-13(7-8-20(18)31-22)26-23(32)28-21(29)14-5-3-4-6-19(14)30-2/h3-11H,1-2H3,(H2,26,28,29,32). The maximum atomic E-state index is 14.0. The first kappa shape index (κ1) is 21.7. The van der Waals surface area contributed by atoms with Crippen LogP contribution in [-0.2, 0) is 0 Å². The Kier molecular flexibility index (Phi) is 6.07. The molecule has 0 radical (unpaired) electrons. The number of nitrogens with zero attached hydrogens (tertiary/aromatic N) is 1. The number of fused-ring (bicyclic) bond motifs is 1. The number of carbonyl (C=O) groups excluding carboxylic acids is 1. The van der Waals surface area contributed by atoms with E-state index in [1.54, 1.807) is 49.4 Å². The van der Waals surface area contributed by atoms with E-state index in [0.717, 1.165) is 0 Å². The first-order chi connectivity index (χ1) is 15.4. The summed E-state index contributed by atoms with van der Waals surface area (Å²) in [5.41, 5.74) is 2.75. The third-order valence-corrected chi connectivity index (χ3v) is 5.22. The predicted molar refractivity (Wildman–Crippen MR) is 126 cm³/mol. The van der Waals surface area contributed by atoms with Crippen LogP contribution in [0, 0.1) is 12.7 Å². The van der Waals surface area contributed by atoms with Gasteiger partial charge in [0.2, 0.25) is 5.89 Å². The van der Waals surface area contributed by atoms with E-state index >= 15 is 0 Å². The van der Waals surface area contributed by atoms with Crippen molar-refractivity contribution < 1.29 is 18.3 Å². The smallest absolute Gasteiger partial charge is 0.261 e. The highest BCUT2D eigenvalue weighted by atomic mass is 35.5. The SMILES string of the molecule is COc1ccccc1C(=O)NC(=S)Nc1ccc2oc(-c3cc(F)c(C)cc3Cl)nc2c1. The minimum absolute atomic E-state index is 0.104. The van der Waals surface area contributed by atoms with Crippen molar-refractivity contribution in [2.75, 3.05) is 12.4 Å². The summed E-state index contributed by atoms with van der Waals surface area (Å²) in [5.74, 6) is -0.158. The predicted octanol–water partition coefficient (Wildman–Crippen LogP) is 5.73. The Morgan fingerprint density at radius 1 is 1.19 bits per heavy atom. The number of ether oxygens (including phenoxy) is 1. The molecule has 0 atom stereocenters. The largest absolute Gasteiger partial charge is 0.496 e. The van der Waals surface area contributed by atoms with Gasteiger partial charge >= 0.3 is 0 Å². The molecular formula is C23H17ClFN3O3S. The van der Waals surface area contributed by atoms with Gasteiger partial charge in [-0.2, -0.15) is 0 Å². The number of amides is 1. The quantitative estimate of drug-likeness (QED) is 0.372. The van der Waals surface area contributed by atoms with Crippen molar-refractivity contribution in [2.24, 2.45) is 0 Å². The molecule has 6 nitrogen and oxygen atoms in total. The van der Waals surface area contributed by atoms with Crippen LogP contribution in [0.5, 0.6) is 5.75 Å². The van der Waals surface area contributed by atoms with Crippen LogP contribution >= 0.6 is 23.8 Å². The van der Waals surface area contributed by atoms with E-state index in [0.29, 0.717) is 44.2 Å². The molecule has 1 heterocycles.